The van der Waals surface area contributed by atoms with Gasteiger partial charge in [-0.25, -0.2) is 0 Å². The average Bonchev–Trinajstić information content (AvgIpc) is 3.38. The summed E-state index contributed by atoms with van der Waals surface area (Å²) in [7, 11) is 2.83. The molecular weight excluding hydrogens is 464 g/mol. The second-order valence-corrected chi connectivity index (χ2v) is 7.82. The van der Waals surface area contributed by atoms with E-state index in [0.29, 0.717) is 28.0 Å². The van der Waals surface area contributed by atoms with Crippen molar-refractivity contribution in [2.75, 3.05) is 25.7 Å². The largest absolute Gasteiger partial charge is 0.497 e. The van der Waals surface area contributed by atoms with Crippen LogP contribution in [0, 0.1) is 0 Å². The highest BCUT2D eigenvalue weighted by molar-refractivity contribution is 7.80. The number of furan rings is 1. The molecule has 3 aromatic rings. The van der Waals surface area contributed by atoms with Gasteiger partial charge in [-0.05, 0) is 72.9 Å². The second kappa shape index (κ2) is 9.48. The predicted octanol–water partition coefficient (Wildman–Crippen LogP) is 4.76. The van der Waals surface area contributed by atoms with Crippen LogP contribution in [-0.4, -0.2) is 42.7 Å². The summed E-state index contributed by atoms with van der Waals surface area (Å²) in [5, 5.41) is 0.779. The van der Waals surface area contributed by atoms with Gasteiger partial charge in [0.1, 0.15) is 29.5 Å². The Kier molecular flexibility index (Phi) is 6.48. The van der Waals surface area contributed by atoms with E-state index in [2.05, 4.69) is 0 Å². The number of amides is 1. The van der Waals surface area contributed by atoms with Gasteiger partial charge in [0.25, 0.3) is 5.91 Å². The highest BCUT2D eigenvalue weighted by Crippen LogP contribution is 2.31. The van der Waals surface area contributed by atoms with Gasteiger partial charge in [-0.3, -0.25) is 14.5 Å². The molecule has 33 heavy (non-hydrogen) atoms. The van der Waals surface area contributed by atoms with E-state index in [4.69, 9.17) is 37.7 Å². The molecule has 1 amide bonds. The van der Waals surface area contributed by atoms with Gasteiger partial charge >= 0.3 is 5.97 Å². The number of hydrogen-bond donors (Lipinski definition) is 0. The quantitative estimate of drug-likeness (QED) is 0.285. The zero-order chi connectivity index (χ0) is 23.5. The van der Waals surface area contributed by atoms with Crippen molar-refractivity contribution in [3.05, 3.63) is 77.1 Å². The van der Waals surface area contributed by atoms with E-state index in [1.807, 2.05) is 12.1 Å². The van der Waals surface area contributed by atoms with Crippen LogP contribution in [-0.2, 0) is 14.3 Å². The highest BCUT2D eigenvalue weighted by Gasteiger charge is 2.40. The van der Waals surface area contributed by atoms with Gasteiger partial charge in [-0.2, -0.15) is 0 Å². The third kappa shape index (κ3) is 4.62. The van der Waals surface area contributed by atoms with Gasteiger partial charge in [0.2, 0.25) is 0 Å². The lowest BCUT2D eigenvalue weighted by molar-refractivity contribution is -0.140. The summed E-state index contributed by atoms with van der Waals surface area (Å²) in [6.07, 6.45) is 1.56. The third-order valence-electron chi connectivity index (χ3n) is 5.02. The molecule has 7 nitrogen and oxygen atoms in total. The first-order valence-electron chi connectivity index (χ1n) is 9.85. The fourth-order valence-electron chi connectivity index (χ4n) is 3.32. The Balaban J connectivity index is 1.70. The molecule has 0 atom stereocenters. The van der Waals surface area contributed by atoms with Crippen LogP contribution >= 0.6 is 23.8 Å². The van der Waals surface area contributed by atoms with Gasteiger partial charge < -0.3 is 18.8 Å². The Morgan fingerprint density at radius 2 is 1.76 bits per heavy atom. The molecule has 1 aromatic heterocycles. The lowest BCUT2D eigenvalue weighted by atomic mass is 10.2. The fourth-order valence-corrected chi connectivity index (χ4v) is 3.80. The molecule has 9 heteroatoms. The number of anilines is 1. The number of esters is 1. The number of nitrogens with zero attached hydrogens (tertiary/aromatic N) is 2. The number of halogens is 1. The van der Waals surface area contributed by atoms with E-state index in [9.17, 15) is 9.59 Å². The Hall–Kier alpha value is -3.62. The molecule has 2 heterocycles. The summed E-state index contributed by atoms with van der Waals surface area (Å²) in [4.78, 5) is 28.2. The molecule has 2 aromatic carbocycles. The maximum absolute atomic E-state index is 13.4. The zero-order valence-corrected chi connectivity index (χ0v) is 19.4. The fraction of sp³-hybridized carbons (Fsp3) is 0.125. The molecular formula is C24H19ClN2O5S. The van der Waals surface area contributed by atoms with Crippen molar-refractivity contribution in [2.45, 2.75) is 0 Å². The maximum Gasteiger partial charge on any atom is 0.325 e. The van der Waals surface area contributed by atoms with Crippen molar-refractivity contribution >= 4 is 52.6 Å². The van der Waals surface area contributed by atoms with E-state index < -0.39 is 11.9 Å². The molecule has 0 N–H and O–H groups in total. The smallest absolute Gasteiger partial charge is 0.325 e. The molecule has 0 bridgehead atoms. The molecule has 0 spiro atoms. The average molecular weight is 483 g/mol. The highest BCUT2D eigenvalue weighted by atomic mass is 35.5. The van der Waals surface area contributed by atoms with Gasteiger partial charge in [-0.1, -0.05) is 11.6 Å². The monoisotopic (exact) mass is 482 g/mol. The number of hydrogen-bond acceptors (Lipinski definition) is 6. The molecule has 1 saturated heterocycles. The van der Waals surface area contributed by atoms with Gasteiger partial charge in [0, 0.05) is 16.7 Å². The van der Waals surface area contributed by atoms with Gasteiger partial charge in [0.15, 0.2) is 5.11 Å². The summed E-state index contributed by atoms with van der Waals surface area (Å²) in [6, 6.07) is 17.6. The Labute approximate surface area is 200 Å². The third-order valence-corrected chi connectivity index (χ3v) is 5.67. The predicted molar refractivity (Wildman–Crippen MR) is 129 cm³/mol. The van der Waals surface area contributed by atoms with E-state index in [1.54, 1.807) is 61.7 Å². The Morgan fingerprint density at radius 1 is 1.06 bits per heavy atom. The molecule has 4 rings (SSSR count). The Bertz CT molecular complexity index is 1230. The van der Waals surface area contributed by atoms with Crippen LogP contribution in [0.4, 0.5) is 5.69 Å². The first-order valence-corrected chi connectivity index (χ1v) is 10.6. The number of methoxy groups -OCH3 is 2. The first kappa shape index (κ1) is 22.6. The van der Waals surface area contributed by atoms with Gasteiger partial charge in [-0.15, -0.1) is 0 Å². The summed E-state index contributed by atoms with van der Waals surface area (Å²) in [5.41, 5.74) is 1.58. The lowest BCUT2D eigenvalue weighted by Crippen LogP contribution is -2.35. The minimum atomic E-state index is -0.533. The van der Waals surface area contributed by atoms with E-state index in [-0.39, 0.29) is 17.4 Å². The standard InChI is InChI=1S/C24H19ClN2O5S/c1-30-18-9-7-17(8-10-18)27-23(29)20(26(24(27)33)14-22(28)31-2)13-19-11-12-21(32-19)15-3-5-16(25)6-4-15/h3-13H,14H2,1-2H3/b20-13-. The number of thiocarbonyl (C=S) groups is 1. The van der Waals surface area contributed by atoms with E-state index in [0.717, 1.165) is 5.56 Å². The second-order valence-electron chi connectivity index (χ2n) is 7.02. The zero-order valence-electron chi connectivity index (χ0n) is 17.8. The van der Waals surface area contributed by atoms with E-state index >= 15 is 0 Å². The van der Waals surface area contributed by atoms with E-state index in [1.165, 1.54) is 16.9 Å². The summed E-state index contributed by atoms with van der Waals surface area (Å²) in [5.74, 6) is 0.756. The molecule has 1 fully saturated rings. The van der Waals surface area contributed by atoms with Crippen LogP contribution < -0.4 is 9.64 Å². The SMILES string of the molecule is COC(=O)CN1C(=S)N(c2ccc(OC)cc2)C(=O)/C1=C/c1ccc(-c2ccc(Cl)cc2)o1. The van der Waals surface area contributed by atoms with Crippen molar-refractivity contribution in [3.8, 4) is 17.1 Å². The minimum Gasteiger partial charge on any atom is -0.497 e. The summed E-state index contributed by atoms with van der Waals surface area (Å²) in [6.45, 7) is -0.218. The van der Waals surface area contributed by atoms with Crippen molar-refractivity contribution in [3.63, 3.8) is 0 Å². The van der Waals surface area contributed by atoms with Crippen LogP contribution in [0.2, 0.25) is 5.02 Å². The summed E-state index contributed by atoms with van der Waals surface area (Å²) >= 11 is 11.5. The molecule has 0 unspecified atom stereocenters. The molecule has 1 aliphatic heterocycles. The normalized spacial score (nSPS) is 14.8. The molecule has 168 valence electrons. The van der Waals surface area contributed by atoms with Crippen LogP contribution in [0.3, 0.4) is 0 Å². The molecule has 0 aliphatic carbocycles. The van der Waals surface area contributed by atoms with Crippen LogP contribution in [0.1, 0.15) is 5.76 Å². The number of rotatable bonds is 6. The summed E-state index contributed by atoms with van der Waals surface area (Å²) < 4.78 is 15.9. The number of ether oxygens (including phenoxy) is 2. The number of carbonyl (C=O) groups excluding carboxylic acids is 2. The first-order chi connectivity index (χ1) is 15.9. The maximum atomic E-state index is 13.4. The molecule has 1 aliphatic rings. The van der Waals surface area contributed by atoms with Crippen LogP contribution in [0.5, 0.6) is 5.75 Å². The van der Waals surface area contributed by atoms with Crippen LogP contribution in [0.15, 0.2) is 70.8 Å². The van der Waals surface area contributed by atoms with Crippen molar-refractivity contribution in [1.29, 1.82) is 0 Å². The van der Waals surface area contributed by atoms with Gasteiger partial charge in [0.05, 0.1) is 19.9 Å². The lowest BCUT2D eigenvalue weighted by Gasteiger charge is -2.19. The van der Waals surface area contributed by atoms with Crippen molar-refractivity contribution in [2.24, 2.45) is 0 Å². The molecule has 0 saturated carbocycles. The number of benzene rings is 2. The minimum absolute atomic E-state index is 0.159. The topological polar surface area (TPSA) is 72.2 Å². The van der Waals surface area contributed by atoms with Crippen molar-refractivity contribution < 1.29 is 23.5 Å². The Morgan fingerprint density at radius 3 is 2.39 bits per heavy atom. The van der Waals surface area contributed by atoms with Crippen LogP contribution in [0.25, 0.3) is 17.4 Å². The van der Waals surface area contributed by atoms with Crippen molar-refractivity contribution in [1.82, 2.24) is 4.90 Å². The number of carbonyl (C=O) groups is 2. The molecule has 0 radical (unpaired) electrons.